The summed E-state index contributed by atoms with van der Waals surface area (Å²) in [5.41, 5.74) is 1.81. The fraction of sp³-hybridized carbons (Fsp3) is 0.400. The van der Waals surface area contributed by atoms with Crippen LogP contribution < -0.4 is 20.1 Å². The van der Waals surface area contributed by atoms with E-state index in [1.165, 1.54) is 30.9 Å². The number of halogens is 3. The second-order valence-corrected chi connectivity index (χ2v) is 6.49. The number of nitrogens with one attached hydrogen (secondary N) is 2. The number of hydrogen-bond acceptors (Lipinski definition) is 4. The molecule has 1 heterocycles. The largest absolute Gasteiger partial charge is 0.573 e. The molecule has 2 N–H and O–H groups in total. The molecule has 4 nitrogen and oxygen atoms in total. The van der Waals surface area contributed by atoms with Gasteiger partial charge in [-0.05, 0) is 43.1 Å². The van der Waals surface area contributed by atoms with Gasteiger partial charge in [-0.25, -0.2) is 0 Å². The molecule has 0 saturated carbocycles. The second-order valence-electron chi connectivity index (χ2n) is 6.49. The van der Waals surface area contributed by atoms with Crippen LogP contribution in [0.15, 0.2) is 48.5 Å². The average Bonchev–Trinajstić information content (AvgIpc) is 2.66. The molecule has 27 heavy (non-hydrogen) atoms. The van der Waals surface area contributed by atoms with Crippen LogP contribution in [-0.2, 0) is 6.54 Å². The van der Waals surface area contributed by atoms with Gasteiger partial charge in [0.25, 0.3) is 0 Å². The molecule has 146 valence electrons. The van der Waals surface area contributed by atoms with Crippen LogP contribution in [-0.4, -0.2) is 26.1 Å². The highest BCUT2D eigenvalue weighted by molar-refractivity contribution is 5.40. The van der Waals surface area contributed by atoms with E-state index in [0.29, 0.717) is 17.9 Å². The first-order chi connectivity index (χ1) is 13.0. The number of methoxy groups -OCH3 is 1. The molecule has 1 saturated heterocycles. The Balaban J connectivity index is 1.73. The van der Waals surface area contributed by atoms with Gasteiger partial charge in [-0.1, -0.05) is 30.3 Å². The summed E-state index contributed by atoms with van der Waals surface area (Å²) in [6, 6.07) is 14.6. The summed E-state index contributed by atoms with van der Waals surface area (Å²) < 4.78 is 46.8. The van der Waals surface area contributed by atoms with Crippen molar-refractivity contribution >= 4 is 0 Å². The standard InChI is InChI=1S/C20H23F3N2O2/c1-26-18-10-9-16(27-20(21,22)23)12-15(18)13-25-17-8-5-11-24-19(17)14-6-3-2-4-7-14/h2-4,6-7,9-10,12,17,19,24-25H,5,8,11,13H2,1H3/t17?,19-/m0/s1. The van der Waals surface area contributed by atoms with E-state index in [4.69, 9.17) is 4.74 Å². The van der Waals surface area contributed by atoms with E-state index in [2.05, 4.69) is 27.5 Å². The average molecular weight is 380 g/mol. The topological polar surface area (TPSA) is 42.5 Å². The Morgan fingerprint density at radius 3 is 2.63 bits per heavy atom. The van der Waals surface area contributed by atoms with Crippen LogP contribution in [0, 0.1) is 0 Å². The SMILES string of the molecule is COc1ccc(OC(F)(F)F)cc1CNC1CCCN[C@H]1c1ccccc1. The monoisotopic (exact) mass is 380 g/mol. The van der Waals surface area contributed by atoms with Crippen molar-refractivity contribution in [3.05, 3.63) is 59.7 Å². The number of rotatable bonds is 6. The normalized spacial score (nSPS) is 20.3. The van der Waals surface area contributed by atoms with Gasteiger partial charge in [-0.3, -0.25) is 0 Å². The number of benzene rings is 2. The highest BCUT2D eigenvalue weighted by Crippen LogP contribution is 2.29. The molecule has 2 atom stereocenters. The van der Waals surface area contributed by atoms with Gasteiger partial charge in [0.15, 0.2) is 0 Å². The van der Waals surface area contributed by atoms with E-state index < -0.39 is 6.36 Å². The van der Waals surface area contributed by atoms with Gasteiger partial charge >= 0.3 is 6.36 Å². The van der Waals surface area contributed by atoms with E-state index in [9.17, 15) is 13.2 Å². The van der Waals surface area contributed by atoms with Gasteiger partial charge in [0.1, 0.15) is 11.5 Å². The summed E-state index contributed by atoms with van der Waals surface area (Å²) in [5, 5.41) is 7.00. The van der Waals surface area contributed by atoms with Crippen LogP contribution in [0.3, 0.4) is 0 Å². The van der Waals surface area contributed by atoms with Crippen molar-refractivity contribution in [2.75, 3.05) is 13.7 Å². The van der Waals surface area contributed by atoms with Crippen molar-refractivity contribution in [2.45, 2.75) is 37.8 Å². The lowest BCUT2D eigenvalue weighted by molar-refractivity contribution is -0.274. The Hall–Kier alpha value is -2.25. The first-order valence-corrected chi connectivity index (χ1v) is 8.90. The highest BCUT2D eigenvalue weighted by Gasteiger charge is 2.31. The van der Waals surface area contributed by atoms with E-state index in [1.54, 1.807) is 0 Å². The van der Waals surface area contributed by atoms with Crippen molar-refractivity contribution in [1.29, 1.82) is 0 Å². The fourth-order valence-electron chi connectivity index (χ4n) is 3.45. The Kier molecular flexibility index (Phi) is 6.23. The molecule has 0 aliphatic carbocycles. The molecular formula is C20H23F3N2O2. The van der Waals surface area contributed by atoms with Gasteiger partial charge in [0.05, 0.1) is 7.11 Å². The molecule has 0 spiro atoms. The molecule has 0 amide bonds. The van der Waals surface area contributed by atoms with Crippen molar-refractivity contribution in [1.82, 2.24) is 10.6 Å². The minimum Gasteiger partial charge on any atom is -0.496 e. The van der Waals surface area contributed by atoms with E-state index in [0.717, 1.165) is 19.4 Å². The van der Waals surface area contributed by atoms with Gasteiger partial charge in [-0.15, -0.1) is 13.2 Å². The predicted octanol–water partition coefficient (Wildman–Crippen LogP) is 4.18. The first-order valence-electron chi connectivity index (χ1n) is 8.90. The zero-order chi connectivity index (χ0) is 19.3. The molecule has 7 heteroatoms. The lowest BCUT2D eigenvalue weighted by Gasteiger charge is -2.34. The van der Waals surface area contributed by atoms with E-state index in [1.807, 2.05) is 18.2 Å². The summed E-state index contributed by atoms with van der Waals surface area (Å²) >= 11 is 0. The Morgan fingerprint density at radius 2 is 1.93 bits per heavy atom. The zero-order valence-corrected chi connectivity index (χ0v) is 15.1. The number of piperidine rings is 1. The summed E-state index contributed by atoms with van der Waals surface area (Å²) in [6.07, 6.45) is -2.70. The second kappa shape index (κ2) is 8.63. The fourth-order valence-corrected chi connectivity index (χ4v) is 3.45. The Morgan fingerprint density at radius 1 is 1.15 bits per heavy atom. The maximum Gasteiger partial charge on any atom is 0.573 e. The van der Waals surface area contributed by atoms with Crippen LogP contribution in [0.2, 0.25) is 0 Å². The molecule has 3 rings (SSSR count). The summed E-state index contributed by atoms with van der Waals surface area (Å²) in [7, 11) is 1.50. The molecule has 0 aromatic heterocycles. The van der Waals surface area contributed by atoms with Crippen LogP contribution in [0.4, 0.5) is 13.2 Å². The summed E-state index contributed by atoms with van der Waals surface area (Å²) in [6.45, 7) is 1.32. The molecule has 0 bridgehead atoms. The Labute approximate surface area is 156 Å². The first kappa shape index (κ1) is 19.5. The number of alkyl halides is 3. The quantitative estimate of drug-likeness (QED) is 0.789. The van der Waals surface area contributed by atoms with Gasteiger partial charge in [-0.2, -0.15) is 0 Å². The molecule has 0 radical (unpaired) electrons. The third-order valence-corrected chi connectivity index (χ3v) is 4.66. The van der Waals surface area contributed by atoms with Gasteiger partial charge in [0.2, 0.25) is 0 Å². The third kappa shape index (κ3) is 5.37. The third-order valence-electron chi connectivity index (χ3n) is 4.66. The van der Waals surface area contributed by atoms with E-state index in [-0.39, 0.29) is 17.8 Å². The zero-order valence-electron chi connectivity index (χ0n) is 15.1. The number of ether oxygens (including phenoxy) is 2. The number of hydrogen-bond donors (Lipinski definition) is 2. The van der Waals surface area contributed by atoms with Crippen molar-refractivity contribution in [2.24, 2.45) is 0 Å². The molecule has 1 aliphatic heterocycles. The summed E-state index contributed by atoms with van der Waals surface area (Å²) in [5.74, 6) is 0.276. The minimum atomic E-state index is -4.72. The van der Waals surface area contributed by atoms with Crippen molar-refractivity contribution in [3.63, 3.8) is 0 Å². The van der Waals surface area contributed by atoms with E-state index >= 15 is 0 Å². The summed E-state index contributed by atoms with van der Waals surface area (Å²) in [4.78, 5) is 0. The lowest BCUT2D eigenvalue weighted by atomic mass is 9.92. The minimum absolute atomic E-state index is 0.153. The molecule has 1 fully saturated rings. The van der Waals surface area contributed by atoms with Crippen molar-refractivity contribution in [3.8, 4) is 11.5 Å². The molecule has 1 aliphatic rings. The maximum atomic E-state index is 12.5. The Bertz CT molecular complexity index is 738. The molecule has 2 aromatic rings. The van der Waals surface area contributed by atoms with Crippen LogP contribution >= 0.6 is 0 Å². The lowest BCUT2D eigenvalue weighted by Crippen LogP contribution is -2.45. The van der Waals surface area contributed by atoms with Crippen LogP contribution in [0.25, 0.3) is 0 Å². The highest BCUT2D eigenvalue weighted by atomic mass is 19.4. The maximum absolute atomic E-state index is 12.5. The van der Waals surface area contributed by atoms with Gasteiger partial charge < -0.3 is 20.1 Å². The molecule has 2 aromatic carbocycles. The predicted molar refractivity (Wildman–Crippen MR) is 96.7 cm³/mol. The van der Waals surface area contributed by atoms with Crippen LogP contribution in [0.1, 0.15) is 30.0 Å². The smallest absolute Gasteiger partial charge is 0.496 e. The van der Waals surface area contributed by atoms with Crippen LogP contribution in [0.5, 0.6) is 11.5 Å². The van der Waals surface area contributed by atoms with Gasteiger partial charge in [0, 0.05) is 24.2 Å². The molecular weight excluding hydrogens is 357 g/mol. The van der Waals surface area contributed by atoms with Crippen molar-refractivity contribution < 1.29 is 22.6 Å². The molecule has 1 unspecified atom stereocenters.